The summed E-state index contributed by atoms with van der Waals surface area (Å²) in [6.45, 7) is 0.738. The number of hydrogen-bond donors (Lipinski definition) is 1. The highest BCUT2D eigenvalue weighted by atomic mass is 79.9. The molecule has 1 aromatic carbocycles. The van der Waals surface area contributed by atoms with E-state index in [1.54, 1.807) is 18.5 Å². The van der Waals surface area contributed by atoms with Gasteiger partial charge < -0.3 is 10.1 Å². The van der Waals surface area contributed by atoms with E-state index >= 15 is 0 Å². The third-order valence-electron chi connectivity index (χ3n) is 3.34. The van der Waals surface area contributed by atoms with Gasteiger partial charge in [-0.25, -0.2) is 0 Å². The molecule has 0 saturated heterocycles. The molecular formula is C15H14BrClN2O. The quantitative estimate of drug-likeness (QED) is 0.840. The Morgan fingerprint density at radius 3 is 3.10 bits per heavy atom. The second-order valence-corrected chi connectivity index (χ2v) is 6.05. The monoisotopic (exact) mass is 352 g/mol. The van der Waals surface area contributed by atoms with Gasteiger partial charge in [-0.2, -0.15) is 0 Å². The maximum Gasteiger partial charge on any atom is 0.125 e. The van der Waals surface area contributed by atoms with Crippen LogP contribution < -0.4 is 10.1 Å². The van der Waals surface area contributed by atoms with Crippen molar-refractivity contribution in [1.82, 2.24) is 4.98 Å². The molecule has 5 heteroatoms. The first-order chi connectivity index (χ1) is 9.74. The number of nitrogens with one attached hydrogen (secondary N) is 1. The predicted octanol–water partition coefficient (Wildman–Crippen LogP) is 4.82. The summed E-state index contributed by atoms with van der Waals surface area (Å²) in [5.41, 5.74) is 2.01. The number of pyridine rings is 1. The minimum atomic E-state index is 0.183. The van der Waals surface area contributed by atoms with Crippen LogP contribution in [0.4, 0.5) is 5.69 Å². The lowest BCUT2D eigenvalue weighted by Gasteiger charge is -2.20. The van der Waals surface area contributed by atoms with E-state index in [0.29, 0.717) is 5.02 Å². The van der Waals surface area contributed by atoms with Crippen molar-refractivity contribution in [3.63, 3.8) is 0 Å². The largest absolute Gasteiger partial charge is 0.493 e. The standard InChI is InChI=1S/C15H14BrClN2O/c16-10-3-4-11-13(2-1-7-20-15(11)8-10)19-14-9-18-6-5-12(14)17/h3-6,8-9,13,19H,1-2,7H2. The minimum Gasteiger partial charge on any atom is -0.493 e. The highest BCUT2D eigenvalue weighted by molar-refractivity contribution is 9.10. The van der Waals surface area contributed by atoms with E-state index in [9.17, 15) is 0 Å². The fraction of sp³-hybridized carbons (Fsp3) is 0.267. The van der Waals surface area contributed by atoms with Gasteiger partial charge in [-0.1, -0.05) is 33.6 Å². The maximum atomic E-state index is 6.20. The van der Waals surface area contributed by atoms with Gasteiger partial charge in [0.15, 0.2) is 0 Å². The molecule has 1 unspecified atom stereocenters. The van der Waals surface area contributed by atoms with Gasteiger partial charge in [0.1, 0.15) is 5.75 Å². The Bertz CT molecular complexity index is 621. The van der Waals surface area contributed by atoms with Gasteiger partial charge in [0.2, 0.25) is 0 Å². The fourth-order valence-electron chi connectivity index (χ4n) is 2.37. The summed E-state index contributed by atoms with van der Waals surface area (Å²) >= 11 is 9.68. The van der Waals surface area contributed by atoms with Crippen LogP contribution in [0, 0.1) is 0 Å². The van der Waals surface area contributed by atoms with Gasteiger partial charge in [0, 0.05) is 16.2 Å². The molecule has 104 valence electrons. The van der Waals surface area contributed by atoms with E-state index in [4.69, 9.17) is 16.3 Å². The average molecular weight is 354 g/mol. The van der Waals surface area contributed by atoms with Crippen LogP contribution in [0.15, 0.2) is 41.1 Å². The average Bonchev–Trinajstić information content (AvgIpc) is 2.63. The first kappa shape index (κ1) is 13.7. The zero-order chi connectivity index (χ0) is 13.9. The topological polar surface area (TPSA) is 34.2 Å². The SMILES string of the molecule is Clc1ccncc1NC1CCCOc2cc(Br)ccc21. The van der Waals surface area contributed by atoms with Crippen LogP contribution >= 0.6 is 27.5 Å². The first-order valence-electron chi connectivity index (χ1n) is 6.52. The number of nitrogens with zero attached hydrogens (tertiary/aromatic N) is 1. The molecule has 0 saturated carbocycles. The van der Waals surface area contributed by atoms with Crippen molar-refractivity contribution in [3.05, 3.63) is 51.7 Å². The summed E-state index contributed by atoms with van der Waals surface area (Å²) in [6, 6.07) is 8.11. The van der Waals surface area contributed by atoms with Crippen molar-refractivity contribution >= 4 is 33.2 Å². The number of fused-ring (bicyclic) bond motifs is 1. The molecule has 0 fully saturated rings. The Labute approximate surface area is 131 Å². The van der Waals surface area contributed by atoms with Gasteiger partial charge in [-0.15, -0.1) is 0 Å². The van der Waals surface area contributed by atoms with Crippen molar-refractivity contribution < 1.29 is 4.74 Å². The van der Waals surface area contributed by atoms with Crippen molar-refractivity contribution in [2.24, 2.45) is 0 Å². The van der Waals surface area contributed by atoms with Crippen molar-refractivity contribution in [3.8, 4) is 5.75 Å². The van der Waals surface area contributed by atoms with Crippen molar-refractivity contribution in [1.29, 1.82) is 0 Å². The van der Waals surface area contributed by atoms with Crippen LogP contribution in [-0.4, -0.2) is 11.6 Å². The number of hydrogen-bond acceptors (Lipinski definition) is 3. The van der Waals surface area contributed by atoms with Crippen LogP contribution in [-0.2, 0) is 0 Å². The number of ether oxygens (including phenoxy) is 1. The van der Waals surface area contributed by atoms with E-state index < -0.39 is 0 Å². The highest BCUT2D eigenvalue weighted by Crippen LogP contribution is 2.36. The summed E-state index contributed by atoms with van der Waals surface area (Å²) in [5.74, 6) is 0.925. The van der Waals surface area contributed by atoms with E-state index in [-0.39, 0.29) is 6.04 Å². The zero-order valence-electron chi connectivity index (χ0n) is 10.8. The van der Waals surface area contributed by atoms with E-state index in [1.165, 1.54) is 0 Å². The lowest BCUT2D eigenvalue weighted by molar-refractivity contribution is 0.316. The summed E-state index contributed by atoms with van der Waals surface area (Å²) < 4.78 is 6.83. The third kappa shape index (κ3) is 2.91. The predicted molar refractivity (Wildman–Crippen MR) is 84.5 cm³/mol. The molecule has 20 heavy (non-hydrogen) atoms. The maximum absolute atomic E-state index is 6.20. The van der Waals surface area contributed by atoms with Gasteiger partial charge in [0.05, 0.1) is 29.6 Å². The summed E-state index contributed by atoms with van der Waals surface area (Å²) in [6.07, 6.45) is 5.45. The lowest BCUT2D eigenvalue weighted by Crippen LogP contribution is -2.10. The second kappa shape index (κ2) is 6.02. The summed E-state index contributed by atoms with van der Waals surface area (Å²) in [4.78, 5) is 4.12. The molecule has 2 aromatic rings. The van der Waals surface area contributed by atoms with Gasteiger partial charge >= 0.3 is 0 Å². The molecule has 1 atom stereocenters. The second-order valence-electron chi connectivity index (χ2n) is 4.73. The molecule has 3 rings (SSSR count). The molecular weight excluding hydrogens is 340 g/mol. The summed E-state index contributed by atoms with van der Waals surface area (Å²) in [7, 11) is 0. The zero-order valence-corrected chi connectivity index (χ0v) is 13.1. The molecule has 0 radical (unpaired) electrons. The Morgan fingerprint density at radius 1 is 1.35 bits per heavy atom. The Morgan fingerprint density at radius 2 is 2.25 bits per heavy atom. The number of rotatable bonds is 2. The van der Waals surface area contributed by atoms with Gasteiger partial charge in [-0.05, 0) is 31.0 Å². The molecule has 0 bridgehead atoms. The minimum absolute atomic E-state index is 0.183. The highest BCUT2D eigenvalue weighted by Gasteiger charge is 2.20. The molecule has 1 aromatic heterocycles. The van der Waals surface area contributed by atoms with Crippen LogP contribution in [0.5, 0.6) is 5.75 Å². The van der Waals surface area contributed by atoms with Crippen LogP contribution in [0.3, 0.4) is 0 Å². The molecule has 1 aliphatic heterocycles. The molecule has 1 aliphatic rings. The Kier molecular flexibility index (Phi) is 4.13. The van der Waals surface area contributed by atoms with Crippen LogP contribution in [0.25, 0.3) is 0 Å². The first-order valence-corrected chi connectivity index (χ1v) is 7.69. The normalized spacial score (nSPS) is 17.8. The van der Waals surface area contributed by atoms with Crippen LogP contribution in [0.1, 0.15) is 24.4 Å². The van der Waals surface area contributed by atoms with Crippen molar-refractivity contribution in [2.45, 2.75) is 18.9 Å². The van der Waals surface area contributed by atoms with E-state index in [1.807, 2.05) is 12.1 Å². The summed E-state index contributed by atoms with van der Waals surface area (Å²) in [5, 5.41) is 4.16. The van der Waals surface area contributed by atoms with E-state index in [2.05, 4.69) is 32.3 Å². The molecule has 0 spiro atoms. The molecule has 0 amide bonds. The molecule has 2 heterocycles. The smallest absolute Gasteiger partial charge is 0.125 e. The third-order valence-corrected chi connectivity index (χ3v) is 4.17. The van der Waals surface area contributed by atoms with Gasteiger partial charge in [-0.3, -0.25) is 4.98 Å². The number of aromatic nitrogens is 1. The fourth-order valence-corrected chi connectivity index (χ4v) is 2.87. The Balaban J connectivity index is 1.92. The van der Waals surface area contributed by atoms with Crippen molar-refractivity contribution in [2.75, 3.05) is 11.9 Å². The number of benzene rings is 1. The molecule has 0 aliphatic carbocycles. The van der Waals surface area contributed by atoms with E-state index in [0.717, 1.165) is 40.9 Å². The molecule has 3 nitrogen and oxygen atoms in total. The molecule has 1 N–H and O–H groups in total. The Hall–Kier alpha value is -1.26. The lowest BCUT2D eigenvalue weighted by atomic mass is 10.0. The van der Waals surface area contributed by atoms with Crippen LogP contribution in [0.2, 0.25) is 5.02 Å². The number of anilines is 1. The van der Waals surface area contributed by atoms with Gasteiger partial charge in [0.25, 0.3) is 0 Å². The number of halogens is 2.